The Balaban J connectivity index is 0.00000225. The van der Waals surface area contributed by atoms with E-state index in [1.54, 1.807) is 0 Å². The van der Waals surface area contributed by atoms with E-state index in [9.17, 15) is 9.59 Å². The maximum absolute atomic E-state index is 12.9. The van der Waals surface area contributed by atoms with Crippen LogP contribution in [0.1, 0.15) is 12.8 Å². The van der Waals surface area contributed by atoms with E-state index in [1.165, 1.54) is 0 Å². The highest BCUT2D eigenvalue weighted by atomic mass is 35.5. The lowest BCUT2D eigenvalue weighted by Gasteiger charge is -2.38. The van der Waals surface area contributed by atoms with Gasteiger partial charge in [-0.1, -0.05) is 18.2 Å². The Kier molecular flexibility index (Phi) is 7.62. The van der Waals surface area contributed by atoms with Crippen LogP contribution in [0, 0.1) is 0 Å². The molecule has 154 valence electrons. The third-order valence-electron chi connectivity index (χ3n) is 5.77. The van der Waals surface area contributed by atoms with Crippen molar-refractivity contribution in [3.63, 3.8) is 0 Å². The van der Waals surface area contributed by atoms with Gasteiger partial charge >= 0.3 is 0 Å². The van der Waals surface area contributed by atoms with Gasteiger partial charge in [0.15, 0.2) is 0 Å². The van der Waals surface area contributed by atoms with Gasteiger partial charge in [0, 0.05) is 68.9 Å². The number of anilines is 1. The first-order valence-corrected chi connectivity index (χ1v) is 11.1. The van der Waals surface area contributed by atoms with E-state index in [1.807, 2.05) is 51.9 Å². The Labute approximate surface area is 177 Å². The molecule has 0 aromatic heterocycles. The Morgan fingerprint density at radius 2 is 1.86 bits per heavy atom. The first-order chi connectivity index (χ1) is 13.2. The molecule has 2 unspecified atom stereocenters. The number of hydrogen-bond donors (Lipinski definition) is 1. The number of carbonyl (C=O) groups is 2. The Morgan fingerprint density at radius 3 is 2.54 bits per heavy atom. The molecule has 8 heteroatoms. The van der Waals surface area contributed by atoms with Gasteiger partial charge in [0.25, 0.3) is 0 Å². The fourth-order valence-corrected chi connectivity index (χ4v) is 5.19. The van der Waals surface area contributed by atoms with Crippen molar-refractivity contribution in [3.05, 3.63) is 30.3 Å². The number of hydrogen-bond acceptors (Lipinski definition) is 5. The molecule has 0 bridgehead atoms. The van der Waals surface area contributed by atoms with Gasteiger partial charge in [-0.15, -0.1) is 12.4 Å². The summed E-state index contributed by atoms with van der Waals surface area (Å²) in [5, 5.41) is 3.44. The predicted molar refractivity (Wildman–Crippen MR) is 116 cm³/mol. The molecule has 1 aromatic carbocycles. The van der Waals surface area contributed by atoms with Gasteiger partial charge in [-0.2, -0.15) is 11.8 Å². The molecule has 1 N–H and O–H groups in total. The number of para-hydroxylation sites is 1. The lowest BCUT2D eigenvalue weighted by Crippen LogP contribution is -2.54. The van der Waals surface area contributed by atoms with E-state index in [4.69, 9.17) is 0 Å². The summed E-state index contributed by atoms with van der Waals surface area (Å²) in [5.41, 5.74) is 0.983. The summed E-state index contributed by atoms with van der Waals surface area (Å²) in [6.45, 7) is 4.81. The molecule has 3 heterocycles. The molecular formula is C20H29ClN4O2S. The third kappa shape index (κ3) is 4.82. The molecule has 4 rings (SSSR count). The average Bonchev–Trinajstić information content (AvgIpc) is 3.11. The molecule has 0 radical (unpaired) electrons. The van der Waals surface area contributed by atoms with E-state index in [-0.39, 0.29) is 30.3 Å². The van der Waals surface area contributed by atoms with Crippen molar-refractivity contribution in [2.24, 2.45) is 0 Å². The Hall–Kier alpha value is -1.28. The van der Waals surface area contributed by atoms with Crippen LogP contribution < -0.4 is 10.2 Å². The van der Waals surface area contributed by atoms with E-state index < -0.39 is 0 Å². The minimum absolute atomic E-state index is 0. The number of benzene rings is 1. The molecule has 3 fully saturated rings. The Bertz CT molecular complexity index is 663. The van der Waals surface area contributed by atoms with Crippen LogP contribution >= 0.6 is 24.2 Å². The normalized spacial score (nSPS) is 26.2. The van der Waals surface area contributed by atoms with Gasteiger partial charge in [0.2, 0.25) is 11.8 Å². The maximum Gasteiger partial charge on any atom is 0.244 e. The van der Waals surface area contributed by atoms with Crippen molar-refractivity contribution in [2.45, 2.75) is 24.9 Å². The van der Waals surface area contributed by atoms with Gasteiger partial charge in [0.05, 0.1) is 6.04 Å². The maximum atomic E-state index is 12.9. The second-order valence-electron chi connectivity index (χ2n) is 7.48. The van der Waals surface area contributed by atoms with Crippen LogP contribution in [0.15, 0.2) is 30.3 Å². The van der Waals surface area contributed by atoms with Gasteiger partial charge in [0.1, 0.15) is 0 Å². The van der Waals surface area contributed by atoms with Gasteiger partial charge in [-0.05, 0) is 18.6 Å². The van der Waals surface area contributed by atoms with Crippen molar-refractivity contribution in [1.82, 2.24) is 15.1 Å². The fraction of sp³-hybridized carbons (Fsp3) is 0.600. The van der Waals surface area contributed by atoms with Crippen LogP contribution in [-0.2, 0) is 9.59 Å². The average molecular weight is 425 g/mol. The van der Waals surface area contributed by atoms with Crippen LogP contribution in [0.3, 0.4) is 0 Å². The SMILES string of the molecule is Cl.O=C(CC1CSCCN1)N1CCN(C2CCN(c3ccccc3)C2=O)CC1. The van der Waals surface area contributed by atoms with Crippen LogP contribution in [0.25, 0.3) is 0 Å². The number of halogens is 1. The van der Waals surface area contributed by atoms with E-state index >= 15 is 0 Å². The highest BCUT2D eigenvalue weighted by Gasteiger charge is 2.38. The molecule has 0 spiro atoms. The number of amides is 2. The molecule has 3 saturated heterocycles. The zero-order chi connectivity index (χ0) is 18.6. The van der Waals surface area contributed by atoms with E-state index in [0.29, 0.717) is 12.5 Å². The monoisotopic (exact) mass is 424 g/mol. The predicted octanol–water partition coefficient (Wildman–Crippen LogP) is 1.45. The number of piperazine rings is 1. The van der Waals surface area contributed by atoms with Gasteiger partial charge in [-0.3, -0.25) is 14.5 Å². The zero-order valence-corrected chi connectivity index (χ0v) is 17.7. The first-order valence-electron chi connectivity index (χ1n) is 9.92. The Morgan fingerprint density at radius 1 is 1.11 bits per heavy atom. The highest BCUT2D eigenvalue weighted by Crippen LogP contribution is 2.25. The fourth-order valence-electron chi connectivity index (χ4n) is 4.24. The van der Waals surface area contributed by atoms with Crippen molar-refractivity contribution in [3.8, 4) is 0 Å². The number of rotatable bonds is 4. The second kappa shape index (κ2) is 9.96. The molecular weight excluding hydrogens is 396 g/mol. The highest BCUT2D eigenvalue weighted by molar-refractivity contribution is 7.99. The summed E-state index contributed by atoms with van der Waals surface area (Å²) in [5.74, 6) is 2.61. The number of thioether (sulfide) groups is 1. The minimum atomic E-state index is -0.0427. The zero-order valence-electron chi connectivity index (χ0n) is 16.1. The van der Waals surface area contributed by atoms with Gasteiger partial charge < -0.3 is 15.1 Å². The smallest absolute Gasteiger partial charge is 0.244 e. The molecule has 3 aliphatic rings. The summed E-state index contributed by atoms with van der Waals surface area (Å²) in [6.07, 6.45) is 1.46. The largest absolute Gasteiger partial charge is 0.340 e. The van der Waals surface area contributed by atoms with Gasteiger partial charge in [-0.25, -0.2) is 0 Å². The molecule has 3 aliphatic heterocycles. The van der Waals surface area contributed by atoms with Crippen molar-refractivity contribution >= 4 is 41.7 Å². The topological polar surface area (TPSA) is 55.9 Å². The summed E-state index contributed by atoms with van der Waals surface area (Å²) in [6, 6.07) is 10.2. The molecule has 28 heavy (non-hydrogen) atoms. The number of carbonyl (C=O) groups excluding carboxylic acids is 2. The summed E-state index contributed by atoms with van der Waals surface area (Å²) in [7, 11) is 0. The standard InChI is InChI=1S/C20H28N4O2S.ClH/c25-19(14-16-15-27-13-7-21-16)23-11-9-22(10-12-23)18-6-8-24(20(18)26)17-4-2-1-3-5-17;/h1-5,16,18,21H,6-15H2;1H. The van der Waals surface area contributed by atoms with Crippen LogP contribution in [0.2, 0.25) is 0 Å². The third-order valence-corrected chi connectivity index (χ3v) is 6.90. The molecule has 0 saturated carbocycles. The molecule has 6 nitrogen and oxygen atoms in total. The van der Waals surface area contributed by atoms with Crippen LogP contribution in [0.5, 0.6) is 0 Å². The lowest BCUT2D eigenvalue weighted by atomic mass is 10.1. The second-order valence-corrected chi connectivity index (χ2v) is 8.63. The quantitative estimate of drug-likeness (QED) is 0.792. The van der Waals surface area contributed by atoms with Crippen molar-refractivity contribution in [2.75, 3.05) is 55.7 Å². The van der Waals surface area contributed by atoms with E-state index in [0.717, 1.165) is 62.9 Å². The summed E-state index contributed by atoms with van der Waals surface area (Å²) < 4.78 is 0. The number of nitrogens with zero attached hydrogens (tertiary/aromatic N) is 3. The first kappa shape index (κ1) is 21.4. The van der Waals surface area contributed by atoms with Crippen LogP contribution in [-0.4, -0.2) is 84.5 Å². The van der Waals surface area contributed by atoms with E-state index in [2.05, 4.69) is 10.2 Å². The van der Waals surface area contributed by atoms with Crippen molar-refractivity contribution < 1.29 is 9.59 Å². The molecule has 2 atom stereocenters. The molecule has 0 aliphatic carbocycles. The van der Waals surface area contributed by atoms with Crippen molar-refractivity contribution in [1.29, 1.82) is 0 Å². The minimum Gasteiger partial charge on any atom is -0.340 e. The lowest BCUT2D eigenvalue weighted by molar-refractivity contribution is -0.134. The van der Waals surface area contributed by atoms with Crippen LogP contribution in [0.4, 0.5) is 5.69 Å². The molecule has 1 aromatic rings. The summed E-state index contributed by atoms with van der Waals surface area (Å²) >= 11 is 1.92. The summed E-state index contributed by atoms with van der Waals surface area (Å²) in [4.78, 5) is 31.6. The number of nitrogens with one attached hydrogen (secondary N) is 1. The molecule has 2 amide bonds.